The van der Waals surface area contributed by atoms with E-state index in [0.717, 1.165) is 5.56 Å². The van der Waals surface area contributed by atoms with Crippen molar-refractivity contribution in [3.8, 4) is 0 Å². The van der Waals surface area contributed by atoms with Crippen LogP contribution >= 0.6 is 0 Å². The maximum absolute atomic E-state index is 13.5. The third kappa shape index (κ3) is 4.73. The van der Waals surface area contributed by atoms with Gasteiger partial charge in [0.1, 0.15) is 17.8 Å². The first-order valence-corrected chi connectivity index (χ1v) is 14.3. The highest BCUT2D eigenvalue weighted by atomic mass is 16.6. The van der Waals surface area contributed by atoms with Crippen LogP contribution in [0.3, 0.4) is 0 Å². The zero-order valence-electron chi connectivity index (χ0n) is 24.4. The van der Waals surface area contributed by atoms with Crippen molar-refractivity contribution in [1.82, 2.24) is 0 Å². The Morgan fingerprint density at radius 1 is 0.929 bits per heavy atom. The fourth-order valence-electron chi connectivity index (χ4n) is 7.48. The number of carbonyl (C=O) groups excluding carboxylic acids is 3. The van der Waals surface area contributed by atoms with Crippen LogP contribution in [0.2, 0.25) is 0 Å². The lowest BCUT2D eigenvalue weighted by molar-refractivity contribution is -0.323. The summed E-state index contributed by atoms with van der Waals surface area (Å²) in [7, 11) is 0. The van der Waals surface area contributed by atoms with Crippen molar-refractivity contribution in [2.45, 2.75) is 82.8 Å². The molecule has 9 heteroatoms. The largest absolute Gasteiger partial charge is 0.458 e. The molecule has 3 aliphatic rings. The van der Waals surface area contributed by atoms with Crippen molar-refractivity contribution in [3.63, 3.8) is 0 Å². The van der Waals surface area contributed by atoms with E-state index in [4.69, 9.17) is 18.9 Å². The quantitative estimate of drug-likeness (QED) is 0.299. The summed E-state index contributed by atoms with van der Waals surface area (Å²) in [6.45, 7) is 8.31. The molecule has 5 rings (SSSR count). The van der Waals surface area contributed by atoms with Crippen molar-refractivity contribution < 1.29 is 43.5 Å². The third-order valence-corrected chi connectivity index (χ3v) is 9.55. The average molecular weight is 579 g/mol. The Kier molecular flexibility index (Phi) is 7.81. The second-order valence-electron chi connectivity index (χ2n) is 12.3. The minimum atomic E-state index is -1.52. The van der Waals surface area contributed by atoms with E-state index in [2.05, 4.69) is 0 Å². The Morgan fingerprint density at radius 3 is 2.17 bits per heavy atom. The molecule has 2 aromatic carbocycles. The summed E-state index contributed by atoms with van der Waals surface area (Å²) in [4.78, 5) is 39.0. The molecule has 2 aliphatic carbocycles. The molecule has 2 saturated carbocycles. The first kappa shape index (κ1) is 29.9. The lowest BCUT2D eigenvalue weighted by Gasteiger charge is -2.63. The van der Waals surface area contributed by atoms with Gasteiger partial charge in [-0.1, -0.05) is 55.5 Å². The number of hydrogen-bond acceptors (Lipinski definition) is 9. The molecule has 2 bridgehead atoms. The predicted molar refractivity (Wildman–Crippen MR) is 152 cm³/mol. The van der Waals surface area contributed by atoms with E-state index in [1.165, 1.54) is 13.0 Å². The lowest BCUT2D eigenvalue weighted by Crippen LogP contribution is -2.79. The number of ether oxygens (including phenoxy) is 4. The van der Waals surface area contributed by atoms with E-state index in [1.807, 2.05) is 44.2 Å². The molecule has 2 N–H and O–H groups in total. The second kappa shape index (κ2) is 10.9. The fraction of sp³-hybridized carbons (Fsp3) is 0.485. The molecule has 1 saturated heterocycles. The van der Waals surface area contributed by atoms with Crippen LogP contribution < -0.4 is 0 Å². The third-order valence-electron chi connectivity index (χ3n) is 9.55. The van der Waals surface area contributed by atoms with Gasteiger partial charge in [-0.05, 0) is 51.0 Å². The van der Waals surface area contributed by atoms with Crippen molar-refractivity contribution in [1.29, 1.82) is 0 Å². The highest BCUT2D eigenvalue weighted by Crippen LogP contribution is 2.67. The number of fused-ring (bicyclic) bond motifs is 1. The number of aliphatic hydroxyl groups is 2. The van der Waals surface area contributed by atoms with Crippen LogP contribution in [-0.2, 0) is 28.5 Å². The van der Waals surface area contributed by atoms with Crippen molar-refractivity contribution in [2.24, 2.45) is 17.3 Å². The van der Waals surface area contributed by atoms with Gasteiger partial charge >= 0.3 is 17.9 Å². The zero-order chi connectivity index (χ0) is 30.4. The van der Waals surface area contributed by atoms with E-state index in [9.17, 15) is 24.6 Å². The molecule has 3 fully saturated rings. The molecule has 2 aromatic rings. The average Bonchev–Trinajstić information content (AvgIpc) is 3.12. The molecule has 1 heterocycles. The van der Waals surface area contributed by atoms with Gasteiger partial charge in [0.25, 0.3) is 0 Å². The molecular formula is C33H38O9. The number of carbonyl (C=O) groups is 3. The molecule has 1 aliphatic heterocycles. The zero-order valence-corrected chi connectivity index (χ0v) is 24.4. The molecule has 1 spiro atoms. The summed E-state index contributed by atoms with van der Waals surface area (Å²) in [6, 6.07) is 17.6. The molecule has 9 atom stereocenters. The van der Waals surface area contributed by atoms with E-state index in [-0.39, 0.29) is 12.0 Å². The molecule has 0 amide bonds. The van der Waals surface area contributed by atoms with Crippen molar-refractivity contribution in [2.75, 3.05) is 0 Å². The number of benzene rings is 2. The van der Waals surface area contributed by atoms with Gasteiger partial charge in [0, 0.05) is 24.8 Å². The van der Waals surface area contributed by atoms with Crippen molar-refractivity contribution >= 4 is 24.0 Å². The number of hydrogen-bond donors (Lipinski definition) is 2. The summed E-state index contributed by atoms with van der Waals surface area (Å²) in [5, 5.41) is 23.5. The van der Waals surface area contributed by atoms with Gasteiger partial charge < -0.3 is 29.2 Å². The topological polar surface area (TPSA) is 129 Å². The molecule has 9 nitrogen and oxygen atoms in total. The summed E-state index contributed by atoms with van der Waals surface area (Å²) >= 11 is 0. The van der Waals surface area contributed by atoms with E-state index in [0.29, 0.717) is 0 Å². The smallest absolute Gasteiger partial charge is 0.338 e. The molecule has 0 radical (unpaired) electrons. The number of rotatable bonds is 6. The van der Waals surface area contributed by atoms with Crippen LogP contribution in [-0.4, -0.2) is 69.8 Å². The summed E-state index contributed by atoms with van der Waals surface area (Å²) in [5.74, 6) is -3.32. The molecule has 224 valence electrons. The first-order valence-electron chi connectivity index (χ1n) is 14.3. The summed E-state index contributed by atoms with van der Waals surface area (Å²) in [6.07, 6.45) is -2.94. The highest BCUT2D eigenvalue weighted by Gasteiger charge is 2.81. The molecule has 0 aromatic heterocycles. The molecule has 42 heavy (non-hydrogen) atoms. The second-order valence-corrected chi connectivity index (χ2v) is 12.3. The fourth-order valence-corrected chi connectivity index (χ4v) is 7.48. The first-order chi connectivity index (χ1) is 19.8. The normalized spacial score (nSPS) is 36.6. The van der Waals surface area contributed by atoms with Gasteiger partial charge in [0.05, 0.1) is 22.7 Å². The Bertz CT molecular complexity index is 1360. The summed E-state index contributed by atoms with van der Waals surface area (Å²) in [5.41, 5.74) is -2.80. The summed E-state index contributed by atoms with van der Waals surface area (Å²) < 4.78 is 24.6. The Labute approximate surface area is 245 Å². The Hall–Kier alpha value is -3.53. The van der Waals surface area contributed by atoms with E-state index in [1.54, 1.807) is 50.3 Å². The number of aliphatic hydroxyl groups excluding tert-OH is 2. The van der Waals surface area contributed by atoms with Crippen LogP contribution in [0.1, 0.15) is 57.0 Å². The van der Waals surface area contributed by atoms with Crippen LogP contribution in [0.5, 0.6) is 0 Å². The SMILES string of the molecule is CC(=O)OC1C(O)C(C)C23OC(C)(C)C(CC(OC(=O)C=Cc4ccccc4)C2(C)C1OC(=O)c1ccccc1)C3O. The number of esters is 3. The Morgan fingerprint density at radius 2 is 1.55 bits per heavy atom. The standard InChI is InChI=1S/C33H38O9/c1-19-26(36)27(39-20(2)34)29(41-30(38)22-14-10-7-11-15-22)32(5)24(18-23-28(37)33(19,32)42-31(23,3)4)40-25(35)17-16-21-12-8-6-9-13-21/h6-17,19,23-24,26-29,36-37H,18H2,1-5H3. The van der Waals surface area contributed by atoms with Crippen LogP contribution in [0.25, 0.3) is 6.08 Å². The predicted octanol–water partition coefficient (Wildman–Crippen LogP) is 3.71. The molecular weight excluding hydrogens is 540 g/mol. The van der Waals surface area contributed by atoms with Gasteiger partial charge in [-0.15, -0.1) is 0 Å². The van der Waals surface area contributed by atoms with Gasteiger partial charge in [-0.3, -0.25) is 4.79 Å². The van der Waals surface area contributed by atoms with Gasteiger partial charge in [0.2, 0.25) is 0 Å². The maximum Gasteiger partial charge on any atom is 0.338 e. The van der Waals surface area contributed by atoms with E-state index >= 15 is 0 Å². The van der Waals surface area contributed by atoms with Gasteiger partial charge in [-0.25, -0.2) is 9.59 Å². The van der Waals surface area contributed by atoms with Gasteiger partial charge in [-0.2, -0.15) is 0 Å². The minimum Gasteiger partial charge on any atom is -0.458 e. The monoisotopic (exact) mass is 578 g/mol. The molecule has 9 unspecified atom stereocenters. The van der Waals surface area contributed by atoms with E-state index < -0.39 is 76.9 Å². The van der Waals surface area contributed by atoms with Crippen LogP contribution in [0.4, 0.5) is 0 Å². The maximum atomic E-state index is 13.5. The van der Waals surface area contributed by atoms with Gasteiger partial charge in [0.15, 0.2) is 12.2 Å². The Balaban J connectivity index is 1.61. The van der Waals surface area contributed by atoms with Crippen LogP contribution in [0, 0.1) is 17.3 Å². The lowest BCUT2D eigenvalue weighted by atomic mass is 9.48. The minimum absolute atomic E-state index is 0.187. The highest BCUT2D eigenvalue weighted by molar-refractivity contribution is 5.89. The van der Waals surface area contributed by atoms with Crippen LogP contribution in [0.15, 0.2) is 66.7 Å². The van der Waals surface area contributed by atoms with Crippen molar-refractivity contribution in [3.05, 3.63) is 77.9 Å².